The summed E-state index contributed by atoms with van der Waals surface area (Å²) in [4.78, 5) is 17.4. The summed E-state index contributed by atoms with van der Waals surface area (Å²) in [6.07, 6.45) is 1.94. The molecule has 9 heteroatoms. The number of halogens is 2. The second-order valence-electron chi connectivity index (χ2n) is 6.93. The van der Waals surface area contributed by atoms with Gasteiger partial charge in [-0.3, -0.25) is 4.90 Å². The third kappa shape index (κ3) is 3.49. The normalized spacial score (nSPS) is 23.3. The number of sulfone groups is 1. The van der Waals surface area contributed by atoms with Crippen LogP contribution in [0.5, 0.6) is 0 Å². The van der Waals surface area contributed by atoms with Crippen LogP contribution in [0.4, 0.5) is 14.9 Å². The van der Waals surface area contributed by atoms with Crippen molar-refractivity contribution in [2.24, 2.45) is 0 Å². The van der Waals surface area contributed by atoms with Gasteiger partial charge in [0.05, 0.1) is 23.6 Å². The van der Waals surface area contributed by atoms with E-state index in [4.69, 9.17) is 11.6 Å². The molecule has 0 radical (unpaired) electrons. The maximum Gasteiger partial charge on any atom is 0.325 e. The van der Waals surface area contributed by atoms with Crippen LogP contribution in [-0.2, 0) is 16.4 Å². The fraction of sp³-hybridized carbons (Fsp3) is 0.316. The standard InChI is InChI=1S/C19H18ClFN2O3S2/c1-27-15-4-2-3-14(8-15)23-18-11-28(25,26)10-17(18)22(19(23)24)9-12-5-6-13(21)7-16(12)20/h2-8,17-18H,9-11H2,1H3/t17-,18+/m1/s1. The number of thioether (sulfide) groups is 1. The highest BCUT2D eigenvalue weighted by molar-refractivity contribution is 7.98. The molecule has 28 heavy (non-hydrogen) atoms. The fourth-order valence-electron chi connectivity index (χ4n) is 3.86. The smallest absolute Gasteiger partial charge is 0.314 e. The molecule has 2 saturated heterocycles. The molecule has 2 amide bonds. The van der Waals surface area contributed by atoms with E-state index >= 15 is 0 Å². The lowest BCUT2D eigenvalue weighted by atomic mass is 10.1. The van der Waals surface area contributed by atoms with E-state index in [2.05, 4.69) is 0 Å². The van der Waals surface area contributed by atoms with Crippen LogP contribution < -0.4 is 4.90 Å². The van der Waals surface area contributed by atoms with E-state index in [0.717, 1.165) is 4.90 Å². The van der Waals surface area contributed by atoms with E-state index in [9.17, 15) is 17.6 Å². The molecule has 2 aromatic rings. The number of rotatable bonds is 4. The Hall–Kier alpha value is -1.77. The van der Waals surface area contributed by atoms with Crippen LogP contribution in [0, 0.1) is 5.82 Å². The number of carbonyl (C=O) groups excluding carboxylic acids is 1. The van der Waals surface area contributed by atoms with Crippen LogP contribution >= 0.6 is 23.4 Å². The van der Waals surface area contributed by atoms with Crippen molar-refractivity contribution < 1.29 is 17.6 Å². The van der Waals surface area contributed by atoms with Crippen molar-refractivity contribution in [1.29, 1.82) is 0 Å². The van der Waals surface area contributed by atoms with Gasteiger partial charge in [-0.15, -0.1) is 11.8 Å². The number of amides is 2. The number of anilines is 1. The second kappa shape index (κ2) is 7.24. The lowest BCUT2D eigenvalue weighted by molar-refractivity contribution is 0.206. The first-order valence-electron chi connectivity index (χ1n) is 8.67. The Morgan fingerprint density at radius 3 is 2.64 bits per heavy atom. The van der Waals surface area contributed by atoms with Gasteiger partial charge in [0.1, 0.15) is 5.82 Å². The Balaban J connectivity index is 1.72. The van der Waals surface area contributed by atoms with E-state index in [1.807, 2.05) is 30.5 Å². The lowest BCUT2D eigenvalue weighted by Gasteiger charge is -2.23. The SMILES string of the molecule is CSc1cccc(N2C(=O)N(Cc3ccc(F)cc3Cl)[C@@H]3CS(=O)(=O)C[C@@H]32)c1. The summed E-state index contributed by atoms with van der Waals surface area (Å²) in [5.74, 6) is -0.611. The van der Waals surface area contributed by atoms with E-state index in [0.29, 0.717) is 11.3 Å². The van der Waals surface area contributed by atoms with Gasteiger partial charge in [-0.05, 0) is 42.2 Å². The van der Waals surface area contributed by atoms with E-state index in [1.165, 1.54) is 18.2 Å². The highest BCUT2D eigenvalue weighted by atomic mass is 35.5. The minimum atomic E-state index is -3.26. The van der Waals surface area contributed by atoms with Gasteiger partial charge in [-0.1, -0.05) is 23.7 Å². The third-order valence-electron chi connectivity index (χ3n) is 5.16. The van der Waals surface area contributed by atoms with Crippen molar-refractivity contribution >= 4 is 44.9 Å². The van der Waals surface area contributed by atoms with Gasteiger partial charge in [0, 0.05) is 22.2 Å². The largest absolute Gasteiger partial charge is 0.325 e. The predicted octanol–water partition coefficient (Wildman–Crippen LogP) is 3.81. The molecule has 2 heterocycles. The van der Waals surface area contributed by atoms with Crippen molar-refractivity contribution in [3.63, 3.8) is 0 Å². The molecule has 0 aliphatic carbocycles. The van der Waals surface area contributed by atoms with Gasteiger partial charge >= 0.3 is 6.03 Å². The van der Waals surface area contributed by atoms with Gasteiger partial charge in [-0.25, -0.2) is 17.6 Å². The summed E-state index contributed by atoms with van der Waals surface area (Å²) in [5, 5.41) is 0.216. The number of hydrogen-bond donors (Lipinski definition) is 0. The Morgan fingerprint density at radius 1 is 1.18 bits per heavy atom. The summed E-state index contributed by atoms with van der Waals surface area (Å²) in [6, 6.07) is 10.3. The van der Waals surface area contributed by atoms with E-state index in [1.54, 1.807) is 21.6 Å². The first-order chi connectivity index (χ1) is 13.3. The molecule has 0 spiro atoms. The zero-order valence-corrected chi connectivity index (χ0v) is 17.4. The fourth-order valence-corrected chi connectivity index (χ4v) is 6.49. The van der Waals surface area contributed by atoms with Crippen molar-refractivity contribution in [2.45, 2.75) is 23.5 Å². The average molecular weight is 441 g/mol. The average Bonchev–Trinajstić information content (AvgIpc) is 3.07. The molecule has 2 aliphatic rings. The van der Waals surface area contributed by atoms with Crippen molar-refractivity contribution in [2.75, 3.05) is 22.7 Å². The molecule has 148 valence electrons. The van der Waals surface area contributed by atoms with Gasteiger partial charge < -0.3 is 4.90 Å². The van der Waals surface area contributed by atoms with Crippen LogP contribution in [0.3, 0.4) is 0 Å². The van der Waals surface area contributed by atoms with Gasteiger partial charge in [-0.2, -0.15) is 0 Å². The molecule has 0 bridgehead atoms. The van der Waals surface area contributed by atoms with Gasteiger partial charge in [0.15, 0.2) is 9.84 Å². The molecule has 2 aromatic carbocycles. The summed E-state index contributed by atoms with van der Waals surface area (Å²) >= 11 is 7.69. The summed E-state index contributed by atoms with van der Waals surface area (Å²) < 4.78 is 38.0. The molecule has 5 nitrogen and oxygen atoms in total. The maximum atomic E-state index is 13.4. The molecular weight excluding hydrogens is 423 g/mol. The van der Waals surface area contributed by atoms with Crippen molar-refractivity contribution in [3.05, 3.63) is 58.9 Å². The number of fused-ring (bicyclic) bond motifs is 1. The molecule has 0 aromatic heterocycles. The van der Waals surface area contributed by atoms with Crippen LogP contribution in [0.2, 0.25) is 5.02 Å². The van der Waals surface area contributed by atoms with Gasteiger partial charge in [0.25, 0.3) is 0 Å². The zero-order chi connectivity index (χ0) is 20.1. The number of hydrogen-bond acceptors (Lipinski definition) is 4. The molecule has 4 rings (SSSR count). The third-order valence-corrected chi connectivity index (χ3v) is 7.94. The molecule has 2 aliphatic heterocycles. The Kier molecular flexibility index (Phi) is 5.05. The van der Waals surface area contributed by atoms with Crippen LogP contribution in [-0.4, -0.2) is 49.2 Å². The second-order valence-corrected chi connectivity index (χ2v) is 10.4. The van der Waals surface area contributed by atoms with Gasteiger partial charge in [0.2, 0.25) is 0 Å². The maximum absolute atomic E-state index is 13.4. The minimum Gasteiger partial charge on any atom is -0.314 e. The number of urea groups is 1. The van der Waals surface area contributed by atoms with Crippen LogP contribution in [0.25, 0.3) is 0 Å². The van der Waals surface area contributed by atoms with E-state index < -0.39 is 27.7 Å². The number of carbonyl (C=O) groups is 1. The van der Waals surface area contributed by atoms with Crippen molar-refractivity contribution in [3.8, 4) is 0 Å². The topological polar surface area (TPSA) is 57.7 Å². The first-order valence-corrected chi connectivity index (χ1v) is 12.1. The Labute approximate surface area is 172 Å². The first kappa shape index (κ1) is 19.5. The molecular formula is C19H18ClFN2O3S2. The lowest BCUT2D eigenvalue weighted by Crippen LogP contribution is -2.37. The minimum absolute atomic E-state index is 0.0689. The molecule has 2 fully saturated rings. The summed E-state index contributed by atoms with van der Waals surface area (Å²) in [6.45, 7) is 0.132. The summed E-state index contributed by atoms with van der Waals surface area (Å²) in [7, 11) is -3.26. The number of benzene rings is 2. The summed E-state index contributed by atoms with van der Waals surface area (Å²) in [5.41, 5.74) is 1.26. The molecule has 0 saturated carbocycles. The molecule has 2 atom stereocenters. The zero-order valence-electron chi connectivity index (χ0n) is 15.0. The highest BCUT2D eigenvalue weighted by Crippen LogP contribution is 2.37. The molecule has 0 N–H and O–H groups in total. The Bertz CT molecular complexity index is 1050. The highest BCUT2D eigenvalue weighted by Gasteiger charge is 2.53. The predicted molar refractivity (Wildman–Crippen MR) is 109 cm³/mol. The molecule has 0 unspecified atom stereocenters. The monoisotopic (exact) mass is 440 g/mol. The quantitative estimate of drug-likeness (QED) is 0.536. The van der Waals surface area contributed by atoms with Crippen LogP contribution in [0.15, 0.2) is 47.4 Å². The number of nitrogens with zero attached hydrogens (tertiary/aromatic N) is 2. The van der Waals surface area contributed by atoms with Crippen LogP contribution in [0.1, 0.15) is 5.56 Å². The van der Waals surface area contributed by atoms with Crippen molar-refractivity contribution in [1.82, 2.24) is 4.90 Å². The van der Waals surface area contributed by atoms with E-state index in [-0.39, 0.29) is 29.1 Å². The Morgan fingerprint density at radius 2 is 1.93 bits per heavy atom.